The molecule has 0 aliphatic carbocycles. The van der Waals surface area contributed by atoms with Crippen LogP contribution in [-0.4, -0.2) is 0 Å². The molecule has 0 radical (unpaired) electrons. The summed E-state index contributed by atoms with van der Waals surface area (Å²) in [6.45, 7) is 0. The molecule has 1 heterocycles. The zero-order valence-electron chi connectivity index (χ0n) is 3.41. The average molecular weight is 242 g/mol. The number of hydrogen-bond acceptors (Lipinski definition) is 0. The standard InChI is InChI=1S/C4H3Br2P/c5-3-1-2-4(6)7-3/h1-2,7H. The molecule has 38 valence electrons. The van der Waals surface area contributed by atoms with Crippen molar-refractivity contribution in [1.82, 2.24) is 0 Å². The molecule has 0 N–H and O–H groups in total. The minimum Gasteiger partial charge on any atom is -0.110 e. The van der Waals surface area contributed by atoms with Gasteiger partial charge in [-0.15, -0.1) is 8.19 Å². The van der Waals surface area contributed by atoms with Crippen molar-refractivity contribution in [1.29, 1.82) is 0 Å². The fraction of sp³-hybridized carbons (Fsp3) is 0. The van der Waals surface area contributed by atoms with Gasteiger partial charge in [0.25, 0.3) is 0 Å². The van der Waals surface area contributed by atoms with Crippen molar-refractivity contribution in [2.24, 2.45) is 0 Å². The Bertz CT molecular complexity index is 142. The van der Waals surface area contributed by atoms with Gasteiger partial charge < -0.3 is 0 Å². The summed E-state index contributed by atoms with van der Waals surface area (Å²) < 4.78 is 2.55. The van der Waals surface area contributed by atoms with Crippen LogP contribution in [0.25, 0.3) is 0 Å². The van der Waals surface area contributed by atoms with Crippen LogP contribution in [0.2, 0.25) is 0 Å². The fourth-order valence-corrected chi connectivity index (χ4v) is 3.25. The lowest BCUT2D eigenvalue weighted by molar-refractivity contribution is 1.93. The van der Waals surface area contributed by atoms with Crippen LogP contribution in [0.4, 0.5) is 0 Å². The van der Waals surface area contributed by atoms with E-state index in [0.717, 1.165) is 8.19 Å². The third kappa shape index (κ3) is 1.60. The molecule has 0 atom stereocenters. The molecule has 0 amide bonds. The van der Waals surface area contributed by atoms with Crippen LogP contribution in [-0.2, 0) is 0 Å². The molecule has 0 unspecified atom stereocenters. The van der Waals surface area contributed by atoms with Gasteiger partial charge in [0, 0.05) is 8.41 Å². The number of rotatable bonds is 0. The third-order valence-corrected chi connectivity index (χ3v) is 3.14. The molecule has 1 aromatic heterocycles. The van der Waals surface area contributed by atoms with E-state index in [1.165, 1.54) is 8.41 Å². The van der Waals surface area contributed by atoms with Gasteiger partial charge >= 0.3 is 0 Å². The van der Waals surface area contributed by atoms with Crippen LogP contribution in [0.3, 0.4) is 0 Å². The first-order chi connectivity index (χ1) is 3.29. The van der Waals surface area contributed by atoms with E-state index in [1.54, 1.807) is 0 Å². The highest BCUT2D eigenvalue weighted by Gasteiger charge is 1.86. The van der Waals surface area contributed by atoms with Gasteiger partial charge in [0.2, 0.25) is 0 Å². The maximum atomic E-state index is 3.37. The molecule has 0 bridgehead atoms. The summed E-state index contributed by atoms with van der Waals surface area (Å²) in [6.07, 6.45) is 0. The molecule has 0 aliphatic rings. The second kappa shape index (κ2) is 2.34. The Morgan fingerprint density at radius 2 is 1.57 bits per heavy atom. The normalized spacial score (nSPS) is 9.43. The SMILES string of the molecule is Brc1ccc(Br)[pH]1. The fourth-order valence-electron chi connectivity index (χ4n) is 0.344. The molecule has 0 fully saturated rings. The van der Waals surface area contributed by atoms with Crippen molar-refractivity contribution in [3.8, 4) is 0 Å². The third-order valence-electron chi connectivity index (χ3n) is 0.615. The molecular weight excluding hydrogens is 239 g/mol. The smallest absolute Gasteiger partial charge is 0.0348 e. The number of hydrogen-bond donors (Lipinski definition) is 0. The van der Waals surface area contributed by atoms with E-state index in [2.05, 4.69) is 44.0 Å². The Hall–Kier alpha value is 0.740. The van der Waals surface area contributed by atoms with Gasteiger partial charge in [-0.05, 0) is 44.0 Å². The molecule has 0 aromatic carbocycles. The summed E-state index contributed by atoms with van der Waals surface area (Å²) in [6, 6.07) is 4.12. The van der Waals surface area contributed by atoms with E-state index in [4.69, 9.17) is 0 Å². The van der Waals surface area contributed by atoms with Crippen LogP contribution in [0, 0.1) is 0 Å². The molecule has 0 nitrogen and oxygen atoms in total. The van der Waals surface area contributed by atoms with Crippen LogP contribution in [0.15, 0.2) is 20.5 Å². The van der Waals surface area contributed by atoms with E-state index in [0.29, 0.717) is 0 Å². The summed E-state index contributed by atoms with van der Waals surface area (Å²) in [7, 11) is 0.812. The largest absolute Gasteiger partial charge is 0.110 e. The first kappa shape index (κ1) is 5.87. The topological polar surface area (TPSA) is 0 Å². The predicted octanol–water partition coefficient (Wildman–Crippen LogP) is 3.24. The Morgan fingerprint density at radius 3 is 1.71 bits per heavy atom. The highest BCUT2D eigenvalue weighted by atomic mass is 79.9. The molecule has 0 saturated heterocycles. The lowest BCUT2D eigenvalue weighted by atomic mass is 10.7. The molecule has 7 heavy (non-hydrogen) atoms. The summed E-state index contributed by atoms with van der Waals surface area (Å²) >= 11 is 6.74. The maximum absolute atomic E-state index is 3.37. The molecule has 0 aliphatic heterocycles. The second-order valence-electron chi connectivity index (χ2n) is 1.15. The van der Waals surface area contributed by atoms with Crippen molar-refractivity contribution in [2.75, 3.05) is 0 Å². The first-order valence-electron chi connectivity index (χ1n) is 1.79. The average Bonchev–Trinajstić information content (AvgIpc) is 1.87. The van der Waals surface area contributed by atoms with E-state index in [9.17, 15) is 0 Å². The summed E-state index contributed by atoms with van der Waals surface area (Å²) in [4.78, 5) is 0. The van der Waals surface area contributed by atoms with E-state index >= 15 is 0 Å². The monoisotopic (exact) mass is 240 g/mol. The molecule has 0 saturated carbocycles. The van der Waals surface area contributed by atoms with Crippen LogP contribution < -0.4 is 0 Å². The highest BCUT2D eigenvalue weighted by molar-refractivity contribution is 9.12. The Morgan fingerprint density at radius 1 is 1.14 bits per heavy atom. The van der Waals surface area contributed by atoms with Crippen LogP contribution >= 0.6 is 40.1 Å². The van der Waals surface area contributed by atoms with Crippen molar-refractivity contribution >= 4 is 40.1 Å². The minimum absolute atomic E-state index is 0.812. The summed E-state index contributed by atoms with van der Waals surface area (Å²) in [5, 5.41) is 0. The van der Waals surface area contributed by atoms with Gasteiger partial charge in [-0.25, -0.2) is 0 Å². The Labute approximate surface area is 60.7 Å². The molecule has 3 heteroatoms. The van der Waals surface area contributed by atoms with E-state index in [-0.39, 0.29) is 0 Å². The van der Waals surface area contributed by atoms with Gasteiger partial charge in [0.15, 0.2) is 0 Å². The van der Waals surface area contributed by atoms with Gasteiger partial charge in [0.05, 0.1) is 0 Å². The lowest BCUT2D eigenvalue weighted by Crippen LogP contribution is -1.30. The molecule has 1 rings (SSSR count). The molecule has 1 aromatic rings. The van der Waals surface area contributed by atoms with Gasteiger partial charge in [0.1, 0.15) is 0 Å². The van der Waals surface area contributed by atoms with Gasteiger partial charge in [-0.2, -0.15) is 0 Å². The quantitative estimate of drug-likeness (QED) is 0.654. The lowest BCUT2D eigenvalue weighted by Gasteiger charge is -1.69. The minimum atomic E-state index is 0.812. The predicted molar refractivity (Wildman–Crippen MR) is 41.3 cm³/mol. The van der Waals surface area contributed by atoms with Crippen molar-refractivity contribution in [3.05, 3.63) is 20.5 Å². The zero-order chi connectivity index (χ0) is 5.28. The maximum Gasteiger partial charge on any atom is 0.0348 e. The summed E-state index contributed by atoms with van der Waals surface area (Å²) in [5.41, 5.74) is 0. The molecular formula is C4H3Br2P. The van der Waals surface area contributed by atoms with E-state index < -0.39 is 0 Å². The Kier molecular flexibility index (Phi) is 1.96. The second-order valence-corrected chi connectivity index (χ2v) is 5.65. The van der Waals surface area contributed by atoms with Crippen LogP contribution in [0.1, 0.15) is 0 Å². The highest BCUT2D eigenvalue weighted by Crippen LogP contribution is 2.31. The van der Waals surface area contributed by atoms with Crippen molar-refractivity contribution in [2.45, 2.75) is 0 Å². The van der Waals surface area contributed by atoms with Crippen molar-refractivity contribution in [3.63, 3.8) is 0 Å². The van der Waals surface area contributed by atoms with E-state index in [1.807, 2.05) is 0 Å². The first-order valence-corrected chi connectivity index (χ1v) is 4.37. The molecule has 0 spiro atoms. The van der Waals surface area contributed by atoms with Gasteiger partial charge in [-0.3, -0.25) is 0 Å². The van der Waals surface area contributed by atoms with Crippen LogP contribution in [0.5, 0.6) is 0 Å². The number of halogens is 2. The summed E-state index contributed by atoms with van der Waals surface area (Å²) in [5.74, 6) is 0. The zero-order valence-corrected chi connectivity index (χ0v) is 7.58. The Balaban J connectivity index is 3.04. The van der Waals surface area contributed by atoms with Gasteiger partial charge in [-0.1, -0.05) is 0 Å². The van der Waals surface area contributed by atoms with Crippen molar-refractivity contribution < 1.29 is 0 Å².